The number of hydrogen-bond donors (Lipinski definition) is 1. The number of nitrogens with zero attached hydrogens (tertiary/aromatic N) is 2. The van der Waals surface area contributed by atoms with Crippen LogP contribution < -0.4 is 19.1 Å². The van der Waals surface area contributed by atoms with Gasteiger partial charge in [0, 0.05) is 38.0 Å². The van der Waals surface area contributed by atoms with Crippen LogP contribution in [0, 0.1) is 6.92 Å². The molecule has 1 aliphatic carbocycles. The van der Waals surface area contributed by atoms with Gasteiger partial charge in [0.2, 0.25) is 28.6 Å². The summed E-state index contributed by atoms with van der Waals surface area (Å²) in [5.41, 5.74) is 3.41. The Morgan fingerprint density at radius 1 is 0.933 bits per heavy atom. The lowest BCUT2D eigenvalue weighted by Crippen LogP contribution is -2.53. The van der Waals surface area contributed by atoms with Gasteiger partial charge in [0.15, 0.2) is 11.5 Å². The van der Waals surface area contributed by atoms with Crippen LogP contribution in [0.3, 0.4) is 0 Å². The summed E-state index contributed by atoms with van der Waals surface area (Å²) in [5, 5.41) is 3.27. The molecule has 0 spiro atoms. The molecule has 0 aromatic heterocycles. The van der Waals surface area contributed by atoms with Gasteiger partial charge in [-0.25, -0.2) is 8.42 Å². The molecule has 3 aromatic carbocycles. The van der Waals surface area contributed by atoms with Crippen LogP contribution in [-0.4, -0.2) is 56.8 Å². The normalized spacial score (nSPS) is 15.3. The van der Waals surface area contributed by atoms with Crippen molar-refractivity contribution in [2.24, 2.45) is 0 Å². The zero-order valence-electron chi connectivity index (χ0n) is 26.1. The number of nitrogens with one attached hydrogen (secondary N) is 1. The maximum atomic E-state index is 14.1. The first kappa shape index (κ1) is 32.3. The maximum absolute atomic E-state index is 14.1. The number of carbonyl (C=O) groups is 2. The quantitative estimate of drug-likeness (QED) is 0.272. The van der Waals surface area contributed by atoms with Crippen LogP contribution in [0.2, 0.25) is 0 Å². The number of anilines is 1. The van der Waals surface area contributed by atoms with E-state index in [4.69, 9.17) is 9.47 Å². The number of hydrogen-bond acceptors (Lipinski definition) is 6. The van der Waals surface area contributed by atoms with Gasteiger partial charge in [0.05, 0.1) is 11.9 Å². The fourth-order valence-electron chi connectivity index (χ4n) is 6.11. The molecule has 1 aliphatic heterocycles. The first-order valence-electron chi connectivity index (χ1n) is 15.7. The van der Waals surface area contributed by atoms with Crippen LogP contribution >= 0.6 is 0 Å². The molecule has 45 heavy (non-hydrogen) atoms. The number of amides is 2. The molecule has 240 valence electrons. The third kappa shape index (κ3) is 8.57. The molecule has 2 aliphatic rings. The fourth-order valence-corrected chi connectivity index (χ4v) is 7.07. The first-order chi connectivity index (χ1) is 21.7. The molecular weight excluding hydrogens is 590 g/mol. The van der Waals surface area contributed by atoms with Crippen LogP contribution in [0.25, 0.3) is 0 Å². The van der Waals surface area contributed by atoms with Crippen LogP contribution in [0.15, 0.2) is 72.8 Å². The Hall–Kier alpha value is -4.05. The number of fused-ring (bicyclic) bond motifs is 1. The van der Waals surface area contributed by atoms with E-state index in [2.05, 4.69) is 5.32 Å². The highest BCUT2D eigenvalue weighted by Gasteiger charge is 2.32. The minimum atomic E-state index is -3.65. The van der Waals surface area contributed by atoms with Crippen molar-refractivity contribution in [3.63, 3.8) is 0 Å². The van der Waals surface area contributed by atoms with Gasteiger partial charge in [-0.05, 0) is 55.0 Å². The SMILES string of the molecule is Cc1ccccc1CN(C(=O)CCCN(c1ccc2c(c1)OCO2)S(C)(=O)=O)[C@H](Cc1ccccc1)C(=O)NC1CCCCC1. The Kier molecular flexibility index (Phi) is 10.7. The number of sulfonamides is 1. The van der Waals surface area contributed by atoms with Gasteiger partial charge in [-0.1, -0.05) is 73.9 Å². The molecule has 3 aromatic rings. The lowest BCUT2D eigenvalue weighted by molar-refractivity contribution is -0.141. The molecule has 9 nitrogen and oxygen atoms in total. The van der Waals surface area contributed by atoms with Crippen molar-refractivity contribution in [1.82, 2.24) is 10.2 Å². The average molecular weight is 634 g/mol. The summed E-state index contributed by atoms with van der Waals surface area (Å²) in [6.07, 6.45) is 7.10. The first-order valence-corrected chi connectivity index (χ1v) is 17.6. The molecule has 0 saturated heterocycles. The minimum Gasteiger partial charge on any atom is -0.454 e. The van der Waals surface area contributed by atoms with Crippen molar-refractivity contribution >= 4 is 27.5 Å². The summed E-state index contributed by atoms with van der Waals surface area (Å²) in [6.45, 7) is 2.46. The summed E-state index contributed by atoms with van der Waals surface area (Å²) in [6, 6.07) is 22.0. The van der Waals surface area contributed by atoms with E-state index in [9.17, 15) is 18.0 Å². The van der Waals surface area contributed by atoms with Gasteiger partial charge in [0.25, 0.3) is 0 Å². The van der Waals surface area contributed by atoms with Crippen molar-refractivity contribution in [3.8, 4) is 11.5 Å². The van der Waals surface area contributed by atoms with E-state index in [1.54, 1.807) is 23.1 Å². The third-order valence-electron chi connectivity index (χ3n) is 8.62. The number of ether oxygens (including phenoxy) is 2. The smallest absolute Gasteiger partial charge is 0.243 e. The Morgan fingerprint density at radius 2 is 1.64 bits per heavy atom. The highest BCUT2D eigenvalue weighted by Crippen LogP contribution is 2.36. The maximum Gasteiger partial charge on any atom is 0.243 e. The Balaban J connectivity index is 1.38. The van der Waals surface area contributed by atoms with Gasteiger partial charge in [-0.3, -0.25) is 13.9 Å². The second-order valence-corrected chi connectivity index (χ2v) is 13.9. The molecule has 1 N–H and O–H groups in total. The van der Waals surface area contributed by atoms with Gasteiger partial charge in [-0.15, -0.1) is 0 Å². The highest BCUT2D eigenvalue weighted by atomic mass is 32.2. The molecule has 1 heterocycles. The lowest BCUT2D eigenvalue weighted by Gasteiger charge is -2.34. The molecule has 5 rings (SSSR count). The van der Waals surface area contributed by atoms with Crippen molar-refractivity contribution in [3.05, 3.63) is 89.5 Å². The summed E-state index contributed by atoms with van der Waals surface area (Å²) in [4.78, 5) is 29.9. The van der Waals surface area contributed by atoms with Crippen LogP contribution in [0.1, 0.15) is 61.6 Å². The fraction of sp³-hybridized carbons (Fsp3) is 0.429. The highest BCUT2D eigenvalue weighted by molar-refractivity contribution is 7.92. The predicted octanol–water partition coefficient (Wildman–Crippen LogP) is 5.36. The van der Waals surface area contributed by atoms with Crippen molar-refractivity contribution < 1.29 is 27.5 Å². The summed E-state index contributed by atoms with van der Waals surface area (Å²) < 4.78 is 37.7. The number of aryl methyl sites for hydroxylation is 1. The van der Waals surface area contributed by atoms with Gasteiger partial charge in [0.1, 0.15) is 6.04 Å². The van der Waals surface area contributed by atoms with E-state index in [0.29, 0.717) is 23.6 Å². The van der Waals surface area contributed by atoms with Crippen LogP contribution in [0.4, 0.5) is 5.69 Å². The average Bonchev–Trinajstić information content (AvgIpc) is 3.50. The van der Waals surface area contributed by atoms with Gasteiger partial charge < -0.3 is 19.7 Å². The molecule has 1 saturated carbocycles. The van der Waals surface area contributed by atoms with Crippen molar-refractivity contribution in [2.75, 3.05) is 23.9 Å². The van der Waals surface area contributed by atoms with E-state index in [1.807, 2.05) is 61.5 Å². The van der Waals surface area contributed by atoms with Gasteiger partial charge in [-0.2, -0.15) is 0 Å². The summed E-state index contributed by atoms with van der Waals surface area (Å²) >= 11 is 0. The number of rotatable bonds is 13. The van der Waals surface area contributed by atoms with E-state index in [0.717, 1.165) is 48.6 Å². The van der Waals surface area contributed by atoms with E-state index < -0.39 is 16.1 Å². The molecule has 0 bridgehead atoms. The summed E-state index contributed by atoms with van der Waals surface area (Å²) in [7, 11) is -3.65. The Labute approximate surface area is 266 Å². The molecule has 2 amide bonds. The van der Waals surface area contributed by atoms with Gasteiger partial charge >= 0.3 is 0 Å². The molecule has 0 unspecified atom stereocenters. The third-order valence-corrected chi connectivity index (χ3v) is 9.81. The van der Waals surface area contributed by atoms with E-state index >= 15 is 0 Å². The Morgan fingerprint density at radius 3 is 2.38 bits per heavy atom. The monoisotopic (exact) mass is 633 g/mol. The topological polar surface area (TPSA) is 105 Å². The molecular formula is C35H43N3O6S. The zero-order chi connectivity index (χ0) is 31.8. The number of carbonyl (C=O) groups excluding carboxylic acids is 2. The Bertz CT molecular complexity index is 1570. The van der Waals surface area contributed by atoms with Crippen molar-refractivity contribution in [1.29, 1.82) is 0 Å². The van der Waals surface area contributed by atoms with E-state index in [-0.39, 0.29) is 50.6 Å². The standard InChI is InChI=1S/C35H43N3O6S/c1-26-12-9-10-15-28(26)24-37(31(22-27-13-5-3-6-14-27)35(40)36-29-16-7-4-8-17-29)34(39)18-11-21-38(45(2,41)42)30-19-20-32-33(23-30)44-25-43-32/h3,5-6,9-10,12-15,19-20,23,29,31H,4,7-8,11,16-18,21-22,24-25H2,1-2H3,(H,36,40)/t31-/m1/s1. The predicted molar refractivity (Wildman–Crippen MR) is 175 cm³/mol. The van der Waals surface area contributed by atoms with Crippen molar-refractivity contribution in [2.45, 2.75) is 76.9 Å². The van der Waals surface area contributed by atoms with Crippen LogP contribution in [-0.2, 0) is 32.6 Å². The lowest BCUT2D eigenvalue weighted by atomic mass is 9.94. The zero-order valence-corrected chi connectivity index (χ0v) is 26.9. The second kappa shape index (κ2) is 14.8. The molecule has 1 atom stereocenters. The molecule has 10 heteroatoms. The molecule has 0 radical (unpaired) electrons. The summed E-state index contributed by atoms with van der Waals surface area (Å²) in [5.74, 6) is 0.697. The van der Waals surface area contributed by atoms with Crippen LogP contribution in [0.5, 0.6) is 11.5 Å². The van der Waals surface area contributed by atoms with E-state index in [1.165, 1.54) is 10.7 Å². The largest absolute Gasteiger partial charge is 0.454 e. The molecule has 1 fully saturated rings. The minimum absolute atomic E-state index is 0.0739. The number of benzene rings is 3. The second-order valence-electron chi connectivity index (χ2n) is 12.0.